The number of benzene rings is 1. The molecule has 90 valence electrons. The minimum atomic E-state index is 0.489. The second-order valence-corrected chi connectivity index (χ2v) is 3.93. The average Bonchev–Trinajstić information content (AvgIpc) is 2.34. The Hall–Kier alpha value is -0.910. The maximum atomic E-state index is 5.36. The monoisotopic (exact) mass is 243 g/mol. The van der Waals surface area contributed by atoms with E-state index >= 15 is 0 Å². The summed E-state index contributed by atoms with van der Waals surface area (Å²) in [6.07, 6.45) is 2.76. The van der Waals surface area contributed by atoms with E-state index in [4.69, 9.17) is 15.4 Å². The van der Waals surface area contributed by atoms with Gasteiger partial charge in [0.25, 0.3) is 0 Å². The van der Waals surface area contributed by atoms with Gasteiger partial charge in [0.1, 0.15) is 0 Å². The fourth-order valence-corrected chi connectivity index (χ4v) is 2.33. The molecule has 0 bridgehead atoms. The smallest absolute Gasteiger partial charge is 0.174 e. The van der Waals surface area contributed by atoms with E-state index in [2.05, 4.69) is 4.84 Å². The van der Waals surface area contributed by atoms with Crippen LogP contribution >= 0.6 is 11.8 Å². The largest absolute Gasteiger partial charge is 0.493 e. The summed E-state index contributed by atoms with van der Waals surface area (Å²) in [5.41, 5.74) is 1.15. The Kier molecular flexibility index (Phi) is 5.45. The lowest BCUT2D eigenvalue weighted by Gasteiger charge is -2.15. The van der Waals surface area contributed by atoms with Crippen LogP contribution in [0.5, 0.6) is 11.5 Å². The third-order valence-electron chi connectivity index (χ3n) is 2.27. The molecule has 4 nitrogen and oxygen atoms in total. The van der Waals surface area contributed by atoms with Crippen molar-refractivity contribution in [2.45, 2.75) is 11.3 Å². The molecule has 16 heavy (non-hydrogen) atoms. The van der Waals surface area contributed by atoms with Gasteiger partial charge in [-0.25, -0.2) is 5.90 Å². The van der Waals surface area contributed by atoms with E-state index in [9.17, 15) is 0 Å². The van der Waals surface area contributed by atoms with E-state index in [0.717, 1.165) is 28.4 Å². The van der Waals surface area contributed by atoms with Crippen molar-refractivity contribution in [2.75, 3.05) is 27.1 Å². The number of ether oxygens (including phenoxy) is 2. The molecule has 0 fully saturated rings. The summed E-state index contributed by atoms with van der Waals surface area (Å²) in [7, 11) is 3.27. The van der Waals surface area contributed by atoms with Gasteiger partial charge >= 0.3 is 0 Å². The fourth-order valence-electron chi connectivity index (χ4n) is 1.53. The Morgan fingerprint density at radius 3 is 2.50 bits per heavy atom. The zero-order valence-corrected chi connectivity index (χ0v) is 10.6. The first-order chi connectivity index (χ1) is 7.78. The minimum Gasteiger partial charge on any atom is -0.493 e. The normalized spacial score (nSPS) is 10.2. The maximum absolute atomic E-state index is 5.36. The van der Waals surface area contributed by atoms with Crippen LogP contribution in [-0.4, -0.2) is 27.1 Å². The van der Waals surface area contributed by atoms with Crippen LogP contribution in [0.25, 0.3) is 0 Å². The highest BCUT2D eigenvalue weighted by Crippen LogP contribution is 2.39. The number of methoxy groups -OCH3 is 2. The molecule has 0 radical (unpaired) electrons. The third kappa shape index (κ3) is 2.81. The number of hydrogen-bond acceptors (Lipinski definition) is 5. The van der Waals surface area contributed by atoms with E-state index in [1.165, 1.54) is 0 Å². The summed E-state index contributed by atoms with van der Waals surface area (Å²) in [4.78, 5) is 5.66. The molecule has 1 aromatic carbocycles. The van der Waals surface area contributed by atoms with E-state index in [1.54, 1.807) is 26.0 Å². The second-order valence-electron chi connectivity index (χ2n) is 3.11. The number of rotatable bonds is 6. The van der Waals surface area contributed by atoms with Gasteiger partial charge in [-0.05, 0) is 24.3 Å². The number of nitrogens with two attached hydrogens (primary N) is 1. The summed E-state index contributed by atoms with van der Waals surface area (Å²) < 4.78 is 10.6. The molecule has 0 aliphatic rings. The number of hydrogen-bond donors (Lipinski definition) is 1. The highest BCUT2D eigenvalue weighted by Gasteiger charge is 2.13. The number of thioether (sulfide) groups is 1. The van der Waals surface area contributed by atoms with Crippen molar-refractivity contribution >= 4 is 11.8 Å². The van der Waals surface area contributed by atoms with Crippen LogP contribution in [0.15, 0.2) is 17.0 Å². The van der Waals surface area contributed by atoms with Crippen LogP contribution in [0.4, 0.5) is 0 Å². The highest BCUT2D eigenvalue weighted by molar-refractivity contribution is 7.98. The molecule has 1 aromatic rings. The van der Waals surface area contributed by atoms with Gasteiger partial charge in [-0.3, -0.25) is 0 Å². The molecule has 0 heterocycles. The Morgan fingerprint density at radius 2 is 2.00 bits per heavy atom. The van der Waals surface area contributed by atoms with Crippen molar-refractivity contribution in [1.82, 2.24) is 0 Å². The molecule has 0 saturated carbocycles. The molecule has 1 rings (SSSR count). The van der Waals surface area contributed by atoms with Crippen molar-refractivity contribution in [3.8, 4) is 11.5 Å². The molecule has 0 spiro atoms. The summed E-state index contributed by atoms with van der Waals surface area (Å²) in [6, 6.07) is 3.90. The van der Waals surface area contributed by atoms with Crippen molar-refractivity contribution in [3.63, 3.8) is 0 Å². The quantitative estimate of drug-likeness (QED) is 0.610. The molecule has 0 saturated heterocycles. The highest BCUT2D eigenvalue weighted by atomic mass is 32.2. The maximum Gasteiger partial charge on any atom is 0.174 e. The molecule has 0 aliphatic heterocycles. The van der Waals surface area contributed by atoms with Crippen LogP contribution in [-0.2, 0) is 11.3 Å². The first-order valence-electron chi connectivity index (χ1n) is 4.88. The predicted octanol–water partition coefficient (Wildman–Crippen LogP) is 1.86. The first kappa shape index (κ1) is 13.2. The van der Waals surface area contributed by atoms with Gasteiger partial charge in [0, 0.05) is 0 Å². The Labute approximate surface area is 100 Å². The van der Waals surface area contributed by atoms with Crippen molar-refractivity contribution in [3.05, 3.63) is 17.7 Å². The lowest BCUT2D eigenvalue weighted by atomic mass is 10.1. The molecular formula is C11H17NO3S. The van der Waals surface area contributed by atoms with Gasteiger partial charge in [0.2, 0.25) is 0 Å². The average molecular weight is 243 g/mol. The van der Waals surface area contributed by atoms with Crippen LogP contribution in [0, 0.1) is 0 Å². The van der Waals surface area contributed by atoms with Crippen molar-refractivity contribution in [1.29, 1.82) is 0 Å². The molecule has 0 atom stereocenters. The van der Waals surface area contributed by atoms with Crippen LogP contribution < -0.4 is 15.4 Å². The lowest BCUT2D eigenvalue weighted by Crippen LogP contribution is -2.05. The first-order valence-corrected chi connectivity index (χ1v) is 6.10. The topological polar surface area (TPSA) is 53.7 Å². The molecule has 0 amide bonds. The van der Waals surface area contributed by atoms with Gasteiger partial charge in [0.15, 0.2) is 11.5 Å². The Morgan fingerprint density at radius 1 is 1.25 bits per heavy atom. The predicted molar refractivity (Wildman–Crippen MR) is 65.2 cm³/mol. The third-order valence-corrected chi connectivity index (χ3v) is 3.13. The second kappa shape index (κ2) is 6.62. The molecule has 5 heteroatoms. The summed E-state index contributed by atoms with van der Waals surface area (Å²) in [5.74, 6) is 6.54. The SMILES string of the molecule is COc1ccc(CCON)c(SC)c1OC. The molecule has 0 aliphatic carbocycles. The van der Waals surface area contributed by atoms with Crippen LogP contribution in [0.3, 0.4) is 0 Å². The zero-order valence-electron chi connectivity index (χ0n) is 9.78. The summed E-state index contributed by atoms with van der Waals surface area (Å²) >= 11 is 1.63. The van der Waals surface area contributed by atoms with E-state index in [0.29, 0.717) is 6.61 Å². The van der Waals surface area contributed by atoms with Gasteiger partial charge in [-0.15, -0.1) is 11.8 Å². The van der Waals surface area contributed by atoms with Crippen molar-refractivity contribution in [2.24, 2.45) is 5.90 Å². The molecule has 2 N–H and O–H groups in total. The standard InChI is InChI=1S/C11H17NO3S/c1-13-9-5-4-8(6-7-15-12)11(16-3)10(9)14-2/h4-5H,6-7,12H2,1-3H3. The van der Waals surface area contributed by atoms with E-state index in [-0.39, 0.29) is 0 Å². The van der Waals surface area contributed by atoms with Gasteiger partial charge in [-0.2, -0.15) is 0 Å². The minimum absolute atomic E-state index is 0.489. The Balaban J connectivity index is 3.10. The molecule has 0 aromatic heterocycles. The Bertz CT molecular complexity index is 344. The van der Waals surface area contributed by atoms with E-state index < -0.39 is 0 Å². The van der Waals surface area contributed by atoms with Crippen LogP contribution in [0.2, 0.25) is 0 Å². The van der Waals surface area contributed by atoms with Crippen LogP contribution in [0.1, 0.15) is 5.56 Å². The van der Waals surface area contributed by atoms with E-state index in [1.807, 2.05) is 18.4 Å². The van der Waals surface area contributed by atoms with Crippen molar-refractivity contribution < 1.29 is 14.3 Å². The summed E-state index contributed by atoms with van der Waals surface area (Å²) in [5, 5.41) is 0. The van der Waals surface area contributed by atoms with Gasteiger partial charge in [-0.1, -0.05) is 6.07 Å². The van der Waals surface area contributed by atoms with Gasteiger partial charge in [0.05, 0.1) is 25.7 Å². The fraction of sp³-hybridized carbons (Fsp3) is 0.455. The molecule has 0 unspecified atom stereocenters. The zero-order chi connectivity index (χ0) is 12.0. The summed E-state index contributed by atoms with van der Waals surface area (Å²) in [6.45, 7) is 0.489. The lowest BCUT2D eigenvalue weighted by molar-refractivity contribution is 0.140. The molecular weight excluding hydrogens is 226 g/mol. The van der Waals surface area contributed by atoms with Gasteiger partial charge < -0.3 is 14.3 Å².